The second-order valence-electron chi connectivity index (χ2n) is 7.44. The van der Waals surface area contributed by atoms with Crippen molar-refractivity contribution in [2.45, 2.75) is 11.9 Å². The van der Waals surface area contributed by atoms with Crippen molar-refractivity contribution in [3.63, 3.8) is 0 Å². The first-order valence-corrected chi connectivity index (χ1v) is 12.0. The third-order valence-electron chi connectivity index (χ3n) is 5.04. The highest BCUT2D eigenvalue weighted by molar-refractivity contribution is 7.92. The molecule has 172 valence electrons. The van der Waals surface area contributed by atoms with E-state index >= 15 is 0 Å². The van der Waals surface area contributed by atoms with Gasteiger partial charge in [-0.1, -0.05) is 42.5 Å². The lowest BCUT2D eigenvalue weighted by molar-refractivity contribution is -0.127. The Morgan fingerprint density at radius 1 is 1.03 bits per heavy atom. The Hall–Kier alpha value is -3.59. The Balaban J connectivity index is 1.42. The van der Waals surface area contributed by atoms with E-state index in [0.29, 0.717) is 22.7 Å². The number of para-hydroxylation sites is 2. The molecule has 3 aromatic carbocycles. The standard InChI is InChI=1S/C24H23FN2O5S/c25-19-10-12-20(13-11-19)31-15-14-26-24(28)23-16-27(21-8-4-5-9-22(21)32-23)33(29,30)17-18-6-2-1-3-7-18/h1-13,23H,14-17H2,(H,26,28)/t23-/m1/s1. The summed E-state index contributed by atoms with van der Waals surface area (Å²) in [5, 5.41) is 2.70. The molecular formula is C24H23FN2O5S. The van der Waals surface area contributed by atoms with Gasteiger partial charge in [-0.3, -0.25) is 9.10 Å². The number of halogens is 1. The third-order valence-corrected chi connectivity index (χ3v) is 6.75. The van der Waals surface area contributed by atoms with Crippen LogP contribution in [0.15, 0.2) is 78.9 Å². The highest BCUT2D eigenvalue weighted by Crippen LogP contribution is 2.35. The molecule has 0 unspecified atom stereocenters. The fourth-order valence-electron chi connectivity index (χ4n) is 3.45. The molecule has 0 bridgehead atoms. The second kappa shape index (κ2) is 9.91. The zero-order valence-electron chi connectivity index (χ0n) is 17.7. The number of benzene rings is 3. The van der Waals surface area contributed by atoms with Crippen molar-refractivity contribution < 1.29 is 27.1 Å². The second-order valence-corrected chi connectivity index (χ2v) is 9.33. The molecule has 0 spiro atoms. The number of sulfonamides is 1. The number of ether oxygens (including phenoxy) is 2. The predicted molar refractivity (Wildman–Crippen MR) is 122 cm³/mol. The van der Waals surface area contributed by atoms with Crippen LogP contribution >= 0.6 is 0 Å². The Morgan fingerprint density at radius 3 is 2.48 bits per heavy atom. The van der Waals surface area contributed by atoms with Crippen molar-refractivity contribution in [1.82, 2.24) is 5.32 Å². The van der Waals surface area contributed by atoms with Crippen molar-refractivity contribution in [3.8, 4) is 11.5 Å². The van der Waals surface area contributed by atoms with Gasteiger partial charge in [-0.15, -0.1) is 0 Å². The van der Waals surface area contributed by atoms with E-state index < -0.39 is 22.0 Å². The molecule has 0 saturated carbocycles. The number of carbonyl (C=O) groups is 1. The highest BCUT2D eigenvalue weighted by atomic mass is 32.2. The molecule has 4 rings (SSSR count). The average Bonchev–Trinajstić information content (AvgIpc) is 2.82. The van der Waals surface area contributed by atoms with Gasteiger partial charge >= 0.3 is 0 Å². The van der Waals surface area contributed by atoms with Gasteiger partial charge in [0, 0.05) is 0 Å². The van der Waals surface area contributed by atoms with Gasteiger partial charge in [0.05, 0.1) is 24.5 Å². The van der Waals surface area contributed by atoms with E-state index in [1.54, 1.807) is 48.5 Å². The Morgan fingerprint density at radius 2 is 1.73 bits per heavy atom. The third kappa shape index (κ3) is 5.61. The molecular weight excluding hydrogens is 447 g/mol. The van der Waals surface area contributed by atoms with Crippen LogP contribution in [0.25, 0.3) is 0 Å². The van der Waals surface area contributed by atoms with Crippen molar-refractivity contribution >= 4 is 21.6 Å². The molecule has 1 amide bonds. The smallest absolute Gasteiger partial charge is 0.263 e. The number of nitrogens with zero attached hydrogens (tertiary/aromatic N) is 1. The average molecular weight is 471 g/mol. The summed E-state index contributed by atoms with van der Waals surface area (Å²) in [5.74, 6) is -0.207. The first-order chi connectivity index (χ1) is 15.9. The summed E-state index contributed by atoms with van der Waals surface area (Å²) in [6, 6.07) is 21.2. The zero-order chi connectivity index (χ0) is 23.3. The molecule has 1 N–H and O–H groups in total. The summed E-state index contributed by atoms with van der Waals surface area (Å²) < 4.78 is 51.9. The van der Waals surface area contributed by atoms with Gasteiger partial charge in [0.2, 0.25) is 10.0 Å². The predicted octanol–water partition coefficient (Wildman–Crippen LogP) is 3.12. The molecule has 0 aliphatic carbocycles. The van der Waals surface area contributed by atoms with E-state index in [1.165, 1.54) is 28.6 Å². The van der Waals surface area contributed by atoms with Gasteiger partial charge in [0.1, 0.15) is 23.9 Å². The van der Waals surface area contributed by atoms with Crippen LogP contribution in [0.4, 0.5) is 10.1 Å². The number of hydrogen-bond acceptors (Lipinski definition) is 5. The molecule has 1 aliphatic rings. The van der Waals surface area contributed by atoms with E-state index in [4.69, 9.17) is 9.47 Å². The van der Waals surface area contributed by atoms with E-state index in [0.717, 1.165) is 0 Å². The van der Waals surface area contributed by atoms with Crippen molar-refractivity contribution in [3.05, 3.63) is 90.2 Å². The summed E-state index contributed by atoms with van der Waals surface area (Å²) in [6.45, 7) is 0.196. The summed E-state index contributed by atoms with van der Waals surface area (Å²) in [7, 11) is -3.76. The van der Waals surface area contributed by atoms with Gasteiger partial charge in [0.15, 0.2) is 6.10 Å². The molecule has 3 aromatic rings. The molecule has 9 heteroatoms. The minimum atomic E-state index is -3.76. The minimum Gasteiger partial charge on any atom is -0.492 e. The number of amides is 1. The first kappa shape index (κ1) is 22.6. The van der Waals surface area contributed by atoms with Crippen LogP contribution in [0.1, 0.15) is 5.56 Å². The Kier molecular flexibility index (Phi) is 6.79. The van der Waals surface area contributed by atoms with E-state index in [-0.39, 0.29) is 31.3 Å². The van der Waals surface area contributed by atoms with Crippen LogP contribution < -0.4 is 19.1 Å². The Labute approximate surface area is 191 Å². The first-order valence-electron chi connectivity index (χ1n) is 10.4. The van der Waals surface area contributed by atoms with Crippen molar-refractivity contribution in [2.24, 2.45) is 0 Å². The minimum absolute atomic E-state index is 0.142. The van der Waals surface area contributed by atoms with Crippen LogP contribution in [0.2, 0.25) is 0 Å². The van der Waals surface area contributed by atoms with E-state index in [2.05, 4.69) is 5.32 Å². The summed E-state index contributed by atoms with van der Waals surface area (Å²) in [4.78, 5) is 12.7. The van der Waals surface area contributed by atoms with Crippen LogP contribution in [0.3, 0.4) is 0 Å². The molecule has 33 heavy (non-hydrogen) atoms. The van der Waals surface area contributed by atoms with Crippen LogP contribution in [0, 0.1) is 5.82 Å². The fourth-order valence-corrected chi connectivity index (χ4v) is 5.04. The summed E-state index contributed by atoms with van der Waals surface area (Å²) >= 11 is 0. The monoisotopic (exact) mass is 470 g/mol. The zero-order valence-corrected chi connectivity index (χ0v) is 18.5. The maximum Gasteiger partial charge on any atom is 0.263 e. The van der Waals surface area contributed by atoms with E-state index in [9.17, 15) is 17.6 Å². The van der Waals surface area contributed by atoms with Gasteiger partial charge in [-0.2, -0.15) is 0 Å². The lowest BCUT2D eigenvalue weighted by Crippen LogP contribution is -2.51. The molecule has 0 fully saturated rings. The summed E-state index contributed by atoms with van der Waals surface area (Å²) in [5.41, 5.74) is 1.05. The van der Waals surface area contributed by atoms with Gasteiger partial charge in [-0.25, -0.2) is 12.8 Å². The van der Waals surface area contributed by atoms with Gasteiger partial charge in [0.25, 0.3) is 5.91 Å². The Bertz CT molecular complexity index is 1200. The highest BCUT2D eigenvalue weighted by Gasteiger charge is 2.36. The maximum absolute atomic E-state index is 13.2. The van der Waals surface area contributed by atoms with Crippen molar-refractivity contribution in [1.29, 1.82) is 0 Å². The SMILES string of the molecule is O=C(NCCOc1ccc(F)cc1)[C@H]1CN(S(=O)(=O)Cc2ccccc2)c2ccccc2O1. The maximum atomic E-state index is 13.2. The van der Waals surface area contributed by atoms with Crippen LogP contribution in [0.5, 0.6) is 11.5 Å². The fraction of sp³-hybridized carbons (Fsp3) is 0.208. The molecule has 1 heterocycles. The number of carbonyl (C=O) groups excluding carboxylic acids is 1. The normalized spacial score (nSPS) is 15.3. The number of rotatable bonds is 8. The summed E-state index contributed by atoms with van der Waals surface area (Å²) in [6.07, 6.45) is -1.02. The van der Waals surface area contributed by atoms with E-state index in [1.807, 2.05) is 6.07 Å². The lowest BCUT2D eigenvalue weighted by atomic mass is 10.2. The molecule has 0 radical (unpaired) electrons. The number of hydrogen-bond donors (Lipinski definition) is 1. The molecule has 0 aromatic heterocycles. The lowest BCUT2D eigenvalue weighted by Gasteiger charge is -2.34. The number of nitrogens with one attached hydrogen (secondary N) is 1. The number of fused-ring (bicyclic) bond motifs is 1. The van der Waals surface area contributed by atoms with Crippen molar-refractivity contribution in [2.75, 3.05) is 24.0 Å². The topological polar surface area (TPSA) is 84.9 Å². The molecule has 0 saturated heterocycles. The quantitative estimate of drug-likeness (QED) is 0.512. The van der Waals surface area contributed by atoms with Gasteiger partial charge in [-0.05, 0) is 42.0 Å². The van der Waals surface area contributed by atoms with Crippen LogP contribution in [-0.4, -0.2) is 40.1 Å². The molecule has 1 atom stereocenters. The van der Waals surface area contributed by atoms with Crippen LogP contribution in [-0.2, 0) is 20.6 Å². The molecule has 1 aliphatic heterocycles. The molecule has 7 nitrogen and oxygen atoms in total. The largest absolute Gasteiger partial charge is 0.492 e. The van der Waals surface area contributed by atoms with Gasteiger partial charge < -0.3 is 14.8 Å². The number of anilines is 1.